The second-order valence-corrected chi connectivity index (χ2v) is 5.12. The van der Waals surface area contributed by atoms with Crippen LogP contribution >= 0.6 is 0 Å². The highest BCUT2D eigenvalue weighted by molar-refractivity contribution is 5.92. The summed E-state index contributed by atoms with van der Waals surface area (Å²) in [6, 6.07) is 9.50. The number of hydrogen-bond acceptors (Lipinski definition) is 4. The molecule has 1 aliphatic carbocycles. The van der Waals surface area contributed by atoms with Gasteiger partial charge in [0.2, 0.25) is 0 Å². The fourth-order valence-electron chi connectivity index (χ4n) is 2.42. The number of ether oxygens (including phenoxy) is 1. The van der Waals surface area contributed by atoms with Crippen LogP contribution in [0.15, 0.2) is 42.7 Å². The number of para-hydroxylation sites is 1. The van der Waals surface area contributed by atoms with E-state index in [1.807, 2.05) is 30.3 Å². The molecule has 1 heterocycles. The van der Waals surface area contributed by atoms with Crippen molar-refractivity contribution in [3.05, 3.63) is 48.3 Å². The van der Waals surface area contributed by atoms with Crippen LogP contribution in [0.3, 0.4) is 0 Å². The molecule has 21 heavy (non-hydrogen) atoms. The molecule has 5 nitrogen and oxygen atoms in total. The highest BCUT2D eigenvalue weighted by Gasteiger charge is 2.26. The van der Waals surface area contributed by atoms with E-state index in [2.05, 4.69) is 5.10 Å². The van der Waals surface area contributed by atoms with Crippen LogP contribution in [0, 0.1) is 0 Å². The second-order valence-electron chi connectivity index (χ2n) is 5.12. The van der Waals surface area contributed by atoms with Gasteiger partial charge in [0.15, 0.2) is 11.9 Å². The maximum absolute atomic E-state index is 12.1. The Morgan fingerprint density at radius 1 is 1.24 bits per heavy atom. The fraction of sp³-hybridized carbons (Fsp3) is 0.312. The standard InChI is InChI=1S/C16H16N2O3/c19-14-8-4-5-9-15(14)21-16(20)12-10-17-18(11-12)13-6-2-1-3-7-13/h1-3,6-7,10-11,15H,4-5,8-9H2. The SMILES string of the molecule is O=C(OC1CCCCC1=O)c1cnn(-c2ccccc2)c1. The molecule has 1 fully saturated rings. The highest BCUT2D eigenvalue weighted by atomic mass is 16.5. The molecule has 3 rings (SSSR count). The lowest BCUT2D eigenvalue weighted by atomic mass is 9.96. The molecule has 0 aliphatic heterocycles. The van der Waals surface area contributed by atoms with Crippen molar-refractivity contribution < 1.29 is 14.3 Å². The molecule has 0 N–H and O–H groups in total. The summed E-state index contributed by atoms with van der Waals surface area (Å²) in [5.41, 5.74) is 1.22. The van der Waals surface area contributed by atoms with Crippen LogP contribution in [0.2, 0.25) is 0 Å². The smallest absolute Gasteiger partial charge is 0.342 e. The van der Waals surface area contributed by atoms with Crippen LogP contribution in [-0.2, 0) is 9.53 Å². The van der Waals surface area contributed by atoms with Gasteiger partial charge in [-0.05, 0) is 31.4 Å². The largest absolute Gasteiger partial charge is 0.451 e. The molecule has 1 aromatic heterocycles. The van der Waals surface area contributed by atoms with Crippen LogP contribution < -0.4 is 0 Å². The number of carbonyl (C=O) groups is 2. The van der Waals surface area contributed by atoms with E-state index in [1.54, 1.807) is 10.9 Å². The summed E-state index contributed by atoms with van der Waals surface area (Å²) in [5.74, 6) is -0.470. The Morgan fingerprint density at radius 3 is 2.81 bits per heavy atom. The molecule has 0 spiro atoms. The van der Waals surface area contributed by atoms with Crippen molar-refractivity contribution >= 4 is 11.8 Å². The van der Waals surface area contributed by atoms with Crippen LogP contribution in [0.5, 0.6) is 0 Å². The Kier molecular flexibility index (Phi) is 3.81. The van der Waals surface area contributed by atoms with E-state index in [9.17, 15) is 9.59 Å². The minimum Gasteiger partial charge on any atom is -0.451 e. The zero-order chi connectivity index (χ0) is 14.7. The maximum Gasteiger partial charge on any atom is 0.342 e. The van der Waals surface area contributed by atoms with Gasteiger partial charge in [-0.2, -0.15) is 5.10 Å². The predicted octanol–water partition coefficient (Wildman–Crippen LogP) is 2.54. The molecule has 0 bridgehead atoms. The number of aromatic nitrogens is 2. The summed E-state index contributed by atoms with van der Waals surface area (Å²) in [4.78, 5) is 23.8. The minimum atomic E-state index is -0.591. The molecule has 0 amide bonds. The summed E-state index contributed by atoms with van der Waals surface area (Å²) in [5, 5.41) is 4.15. The van der Waals surface area contributed by atoms with Gasteiger partial charge in [0, 0.05) is 12.6 Å². The van der Waals surface area contributed by atoms with Gasteiger partial charge in [-0.1, -0.05) is 18.2 Å². The Hall–Kier alpha value is -2.43. The Bertz CT molecular complexity index is 649. The molecule has 1 aliphatic rings. The minimum absolute atomic E-state index is 0.0186. The normalized spacial score (nSPS) is 18.5. The molecular weight excluding hydrogens is 268 g/mol. The third-order valence-corrected chi connectivity index (χ3v) is 3.59. The molecule has 2 aromatic rings. The van der Waals surface area contributed by atoms with Gasteiger partial charge in [0.1, 0.15) is 0 Å². The third-order valence-electron chi connectivity index (χ3n) is 3.59. The highest BCUT2D eigenvalue weighted by Crippen LogP contribution is 2.19. The molecule has 1 atom stereocenters. The molecular formula is C16H16N2O3. The number of carbonyl (C=O) groups excluding carboxylic acids is 2. The molecule has 0 saturated heterocycles. The van der Waals surface area contributed by atoms with Crippen LogP contribution in [-0.4, -0.2) is 27.6 Å². The average Bonchev–Trinajstić information content (AvgIpc) is 3.00. The Labute approximate surface area is 122 Å². The quantitative estimate of drug-likeness (QED) is 0.813. The number of ketones is 1. The number of Topliss-reactive ketones (excluding diaryl/α,β-unsaturated/α-hetero) is 1. The third kappa shape index (κ3) is 3.02. The van der Waals surface area contributed by atoms with Gasteiger partial charge in [-0.3, -0.25) is 4.79 Å². The zero-order valence-electron chi connectivity index (χ0n) is 11.6. The van der Waals surface area contributed by atoms with Crippen molar-refractivity contribution in [3.63, 3.8) is 0 Å². The number of benzene rings is 1. The second kappa shape index (κ2) is 5.91. The first-order valence-electron chi connectivity index (χ1n) is 7.08. The van der Waals surface area contributed by atoms with Crippen molar-refractivity contribution in [2.24, 2.45) is 0 Å². The first kappa shape index (κ1) is 13.5. The predicted molar refractivity (Wildman–Crippen MR) is 76.2 cm³/mol. The van der Waals surface area contributed by atoms with Crippen molar-refractivity contribution in [2.75, 3.05) is 0 Å². The first-order valence-corrected chi connectivity index (χ1v) is 7.08. The molecule has 1 saturated carbocycles. The topological polar surface area (TPSA) is 61.2 Å². The summed E-state index contributed by atoms with van der Waals surface area (Å²) < 4.78 is 6.91. The van der Waals surface area contributed by atoms with Gasteiger partial charge < -0.3 is 4.74 Å². The monoisotopic (exact) mass is 284 g/mol. The summed E-state index contributed by atoms with van der Waals surface area (Å²) >= 11 is 0. The van der Waals surface area contributed by atoms with Crippen molar-refractivity contribution in [2.45, 2.75) is 31.8 Å². The van der Waals surface area contributed by atoms with Gasteiger partial charge in [0.25, 0.3) is 0 Å². The lowest BCUT2D eigenvalue weighted by molar-refractivity contribution is -0.129. The fourth-order valence-corrected chi connectivity index (χ4v) is 2.42. The summed E-state index contributed by atoms with van der Waals surface area (Å²) in [7, 11) is 0. The average molecular weight is 284 g/mol. The van der Waals surface area contributed by atoms with E-state index in [0.29, 0.717) is 18.4 Å². The van der Waals surface area contributed by atoms with E-state index in [-0.39, 0.29) is 5.78 Å². The van der Waals surface area contributed by atoms with Crippen molar-refractivity contribution in [1.29, 1.82) is 0 Å². The number of hydrogen-bond donors (Lipinski definition) is 0. The Balaban J connectivity index is 1.71. The molecule has 0 radical (unpaired) electrons. The summed E-state index contributed by atoms with van der Waals surface area (Å²) in [6.07, 6.45) is 5.42. The zero-order valence-corrected chi connectivity index (χ0v) is 11.6. The maximum atomic E-state index is 12.1. The number of rotatable bonds is 3. The Morgan fingerprint density at radius 2 is 2.05 bits per heavy atom. The van der Waals surface area contributed by atoms with Crippen LogP contribution in [0.1, 0.15) is 36.0 Å². The molecule has 1 unspecified atom stereocenters. The van der Waals surface area contributed by atoms with Crippen LogP contribution in [0.4, 0.5) is 0 Å². The van der Waals surface area contributed by atoms with Gasteiger partial charge in [-0.25, -0.2) is 9.48 Å². The van der Waals surface area contributed by atoms with E-state index < -0.39 is 12.1 Å². The van der Waals surface area contributed by atoms with E-state index in [0.717, 1.165) is 18.5 Å². The first-order chi connectivity index (χ1) is 10.2. The van der Waals surface area contributed by atoms with Crippen LogP contribution in [0.25, 0.3) is 5.69 Å². The van der Waals surface area contributed by atoms with E-state index in [4.69, 9.17) is 4.74 Å². The molecule has 5 heteroatoms. The van der Waals surface area contributed by atoms with Crippen molar-refractivity contribution in [3.8, 4) is 5.69 Å². The van der Waals surface area contributed by atoms with E-state index >= 15 is 0 Å². The van der Waals surface area contributed by atoms with Gasteiger partial charge >= 0.3 is 5.97 Å². The lowest BCUT2D eigenvalue weighted by Gasteiger charge is -2.20. The molecule has 1 aromatic carbocycles. The van der Waals surface area contributed by atoms with Gasteiger partial charge in [0.05, 0.1) is 17.4 Å². The van der Waals surface area contributed by atoms with Gasteiger partial charge in [-0.15, -0.1) is 0 Å². The number of esters is 1. The van der Waals surface area contributed by atoms with E-state index in [1.165, 1.54) is 6.20 Å². The van der Waals surface area contributed by atoms with Crippen molar-refractivity contribution in [1.82, 2.24) is 9.78 Å². The molecule has 108 valence electrons. The lowest BCUT2D eigenvalue weighted by Crippen LogP contribution is -2.30. The number of nitrogens with zero attached hydrogens (tertiary/aromatic N) is 2. The summed E-state index contributed by atoms with van der Waals surface area (Å²) in [6.45, 7) is 0.